The van der Waals surface area contributed by atoms with Gasteiger partial charge in [0.2, 0.25) is 0 Å². The molecule has 114 valence electrons. The van der Waals surface area contributed by atoms with Gasteiger partial charge in [0.05, 0.1) is 6.61 Å². The van der Waals surface area contributed by atoms with Crippen LogP contribution < -0.4 is 0 Å². The molecule has 0 aliphatic carbocycles. The molecule has 0 atom stereocenters. The molecule has 1 saturated heterocycles. The van der Waals surface area contributed by atoms with Gasteiger partial charge < -0.3 is 14.5 Å². The Morgan fingerprint density at radius 3 is 2.33 bits per heavy atom. The van der Waals surface area contributed by atoms with Crippen LogP contribution in [0, 0.1) is 6.92 Å². The van der Waals surface area contributed by atoms with Crippen molar-refractivity contribution in [2.75, 3.05) is 32.8 Å². The summed E-state index contributed by atoms with van der Waals surface area (Å²) in [7, 11) is 0. The molecule has 21 heavy (non-hydrogen) atoms. The topological polar surface area (TPSA) is 49.9 Å². The molecule has 5 nitrogen and oxygen atoms in total. The van der Waals surface area contributed by atoms with E-state index < -0.39 is 0 Å². The lowest BCUT2D eigenvalue weighted by atomic mass is 10.1. The van der Waals surface area contributed by atoms with E-state index in [0.29, 0.717) is 38.3 Å². The highest BCUT2D eigenvalue weighted by Gasteiger charge is 2.25. The van der Waals surface area contributed by atoms with Crippen molar-refractivity contribution in [3.05, 3.63) is 33.8 Å². The molecule has 2 rings (SSSR count). The summed E-state index contributed by atoms with van der Waals surface area (Å²) in [5, 5.41) is 0. The standard InChI is InChI=1S/C15H19BrN2O3/c1-3-21-15(20)18-6-4-17(5-7-18)14(19)12-8-11(2)9-13(16)10-12/h8-10H,3-7H2,1-2H3. The van der Waals surface area contributed by atoms with Crippen LogP contribution in [0.15, 0.2) is 22.7 Å². The fourth-order valence-corrected chi connectivity index (χ4v) is 2.96. The van der Waals surface area contributed by atoms with E-state index in [4.69, 9.17) is 4.74 Å². The van der Waals surface area contributed by atoms with E-state index in [-0.39, 0.29) is 12.0 Å². The molecule has 1 aliphatic rings. The monoisotopic (exact) mass is 354 g/mol. The number of ether oxygens (including phenoxy) is 1. The van der Waals surface area contributed by atoms with Gasteiger partial charge in [0.1, 0.15) is 0 Å². The van der Waals surface area contributed by atoms with Crippen molar-refractivity contribution in [3.63, 3.8) is 0 Å². The fraction of sp³-hybridized carbons (Fsp3) is 0.467. The van der Waals surface area contributed by atoms with Gasteiger partial charge in [-0.1, -0.05) is 15.9 Å². The average molecular weight is 355 g/mol. The molecule has 0 bridgehead atoms. The Hall–Kier alpha value is -1.56. The maximum absolute atomic E-state index is 12.5. The quantitative estimate of drug-likeness (QED) is 0.820. The summed E-state index contributed by atoms with van der Waals surface area (Å²) in [6.07, 6.45) is -0.303. The molecule has 1 fully saturated rings. The van der Waals surface area contributed by atoms with E-state index in [9.17, 15) is 9.59 Å². The first-order valence-corrected chi connectivity index (χ1v) is 7.78. The second-order valence-electron chi connectivity index (χ2n) is 5.00. The Labute approximate surface area is 133 Å². The van der Waals surface area contributed by atoms with Crippen LogP contribution in [0.4, 0.5) is 4.79 Å². The third-order valence-electron chi connectivity index (χ3n) is 3.38. The predicted octanol–water partition coefficient (Wildman–Crippen LogP) is 2.67. The van der Waals surface area contributed by atoms with Crippen LogP contribution in [0.5, 0.6) is 0 Å². The summed E-state index contributed by atoms with van der Waals surface area (Å²) in [4.78, 5) is 27.5. The molecule has 0 aromatic heterocycles. The van der Waals surface area contributed by atoms with Crippen LogP contribution in [0.3, 0.4) is 0 Å². The molecule has 0 N–H and O–H groups in total. The molecule has 0 unspecified atom stereocenters. The molecule has 1 aliphatic heterocycles. The Kier molecular flexibility index (Phi) is 5.22. The number of carbonyl (C=O) groups excluding carboxylic acids is 2. The number of nitrogens with zero attached hydrogens (tertiary/aromatic N) is 2. The molecular weight excluding hydrogens is 336 g/mol. The van der Waals surface area contributed by atoms with E-state index in [0.717, 1.165) is 10.0 Å². The third-order valence-corrected chi connectivity index (χ3v) is 3.84. The summed E-state index contributed by atoms with van der Waals surface area (Å²) in [6, 6.07) is 5.67. The zero-order valence-corrected chi connectivity index (χ0v) is 13.9. The number of carbonyl (C=O) groups is 2. The molecular formula is C15H19BrN2O3. The van der Waals surface area contributed by atoms with Crippen LogP contribution in [-0.4, -0.2) is 54.6 Å². The lowest BCUT2D eigenvalue weighted by molar-refractivity contribution is 0.0570. The second kappa shape index (κ2) is 6.93. The summed E-state index contributed by atoms with van der Waals surface area (Å²) in [5.74, 6) is 0.00269. The van der Waals surface area contributed by atoms with Gasteiger partial charge >= 0.3 is 6.09 Å². The van der Waals surface area contributed by atoms with Crippen molar-refractivity contribution >= 4 is 27.9 Å². The zero-order valence-electron chi connectivity index (χ0n) is 12.3. The minimum absolute atomic E-state index is 0.00269. The average Bonchev–Trinajstić information content (AvgIpc) is 2.46. The van der Waals surface area contributed by atoms with Gasteiger partial charge in [-0.2, -0.15) is 0 Å². The highest BCUT2D eigenvalue weighted by atomic mass is 79.9. The SMILES string of the molecule is CCOC(=O)N1CCN(C(=O)c2cc(C)cc(Br)c2)CC1. The molecule has 2 amide bonds. The smallest absolute Gasteiger partial charge is 0.409 e. The van der Waals surface area contributed by atoms with Crippen LogP contribution in [-0.2, 0) is 4.74 Å². The predicted molar refractivity (Wildman–Crippen MR) is 83.4 cm³/mol. The number of benzene rings is 1. The minimum Gasteiger partial charge on any atom is -0.450 e. The van der Waals surface area contributed by atoms with E-state index in [2.05, 4.69) is 15.9 Å². The molecule has 1 heterocycles. The molecule has 6 heteroatoms. The number of rotatable bonds is 2. The van der Waals surface area contributed by atoms with Gasteiger partial charge in [0.25, 0.3) is 5.91 Å². The Morgan fingerprint density at radius 1 is 1.14 bits per heavy atom. The van der Waals surface area contributed by atoms with E-state index in [1.165, 1.54) is 0 Å². The molecule has 0 spiro atoms. The first-order valence-electron chi connectivity index (χ1n) is 6.99. The van der Waals surface area contributed by atoms with Crippen LogP contribution >= 0.6 is 15.9 Å². The van der Waals surface area contributed by atoms with E-state index in [1.807, 2.05) is 25.1 Å². The summed E-state index contributed by atoms with van der Waals surface area (Å²) in [5.41, 5.74) is 1.71. The number of hydrogen-bond donors (Lipinski definition) is 0. The van der Waals surface area contributed by atoms with Crippen molar-refractivity contribution in [1.82, 2.24) is 9.80 Å². The molecule has 1 aromatic carbocycles. The van der Waals surface area contributed by atoms with Crippen molar-refractivity contribution < 1.29 is 14.3 Å². The van der Waals surface area contributed by atoms with Gasteiger partial charge in [-0.15, -0.1) is 0 Å². The number of halogens is 1. The molecule has 0 radical (unpaired) electrons. The van der Waals surface area contributed by atoms with Gasteiger partial charge in [0, 0.05) is 36.2 Å². The number of piperazine rings is 1. The molecule has 1 aromatic rings. The third kappa shape index (κ3) is 3.97. The zero-order chi connectivity index (χ0) is 15.4. The number of aryl methyl sites for hydroxylation is 1. The second-order valence-corrected chi connectivity index (χ2v) is 5.91. The lowest BCUT2D eigenvalue weighted by Gasteiger charge is -2.34. The van der Waals surface area contributed by atoms with Crippen molar-refractivity contribution in [2.24, 2.45) is 0 Å². The maximum atomic E-state index is 12.5. The van der Waals surface area contributed by atoms with Gasteiger partial charge in [-0.05, 0) is 37.6 Å². The van der Waals surface area contributed by atoms with E-state index in [1.54, 1.807) is 16.7 Å². The highest BCUT2D eigenvalue weighted by molar-refractivity contribution is 9.10. The molecule has 0 saturated carbocycles. The largest absolute Gasteiger partial charge is 0.450 e. The van der Waals surface area contributed by atoms with Crippen molar-refractivity contribution in [1.29, 1.82) is 0 Å². The normalized spacial score (nSPS) is 15.0. The number of hydrogen-bond acceptors (Lipinski definition) is 3. The summed E-state index contributed by atoms with van der Waals surface area (Å²) >= 11 is 3.41. The minimum atomic E-state index is -0.303. The van der Waals surface area contributed by atoms with Gasteiger partial charge in [0.15, 0.2) is 0 Å². The summed E-state index contributed by atoms with van der Waals surface area (Å²) < 4.78 is 5.87. The fourth-order valence-electron chi connectivity index (χ4n) is 2.35. The Balaban J connectivity index is 1.98. The van der Waals surface area contributed by atoms with Crippen molar-refractivity contribution in [3.8, 4) is 0 Å². The summed E-state index contributed by atoms with van der Waals surface area (Å²) in [6.45, 7) is 6.20. The van der Waals surface area contributed by atoms with Crippen molar-refractivity contribution in [2.45, 2.75) is 13.8 Å². The highest BCUT2D eigenvalue weighted by Crippen LogP contribution is 2.17. The van der Waals surface area contributed by atoms with Gasteiger partial charge in [-0.25, -0.2) is 4.79 Å². The Morgan fingerprint density at radius 2 is 1.76 bits per heavy atom. The van der Waals surface area contributed by atoms with E-state index >= 15 is 0 Å². The first-order chi connectivity index (χ1) is 10.0. The van der Waals surface area contributed by atoms with Gasteiger partial charge in [-0.3, -0.25) is 4.79 Å². The maximum Gasteiger partial charge on any atom is 0.409 e. The number of amides is 2. The van der Waals surface area contributed by atoms with Crippen LogP contribution in [0.25, 0.3) is 0 Å². The Bertz CT molecular complexity index is 519. The van der Waals surface area contributed by atoms with Crippen LogP contribution in [0.2, 0.25) is 0 Å². The lowest BCUT2D eigenvalue weighted by Crippen LogP contribution is -2.50. The first kappa shape index (κ1) is 15.8. The van der Waals surface area contributed by atoms with Crippen LogP contribution in [0.1, 0.15) is 22.8 Å².